The average Bonchev–Trinajstić information content (AvgIpc) is 2.48. The van der Waals surface area contributed by atoms with E-state index >= 15 is 0 Å². The molecule has 1 unspecified atom stereocenters. The minimum Gasteiger partial charge on any atom is -0.493 e. The first-order valence-corrected chi connectivity index (χ1v) is 7.09. The Balaban J connectivity index is 2.42. The highest BCUT2D eigenvalue weighted by atomic mass is 79.9. The molecule has 0 saturated carbocycles. The first kappa shape index (κ1) is 15.2. The molecule has 0 aliphatic carbocycles. The van der Waals surface area contributed by atoms with E-state index in [0.717, 1.165) is 4.47 Å². The third-order valence-corrected chi connectivity index (χ3v) is 3.81. The van der Waals surface area contributed by atoms with Crippen molar-refractivity contribution in [3.8, 4) is 11.5 Å². The second kappa shape index (κ2) is 6.48. The highest BCUT2D eigenvalue weighted by Crippen LogP contribution is 2.35. The zero-order valence-electron chi connectivity index (χ0n) is 11.1. The van der Waals surface area contributed by atoms with Gasteiger partial charge in [0, 0.05) is 15.1 Å². The number of aliphatic hydroxyl groups excluding tert-OH is 1. The Kier molecular flexibility index (Phi) is 4.91. The summed E-state index contributed by atoms with van der Waals surface area (Å²) in [6, 6.07) is 10.6. The van der Waals surface area contributed by atoms with Crippen LogP contribution in [0, 0.1) is 0 Å². The zero-order chi connectivity index (χ0) is 14.7. The lowest BCUT2D eigenvalue weighted by Crippen LogP contribution is -2.02. The van der Waals surface area contributed by atoms with E-state index in [4.69, 9.17) is 21.1 Å². The second-order valence-electron chi connectivity index (χ2n) is 4.18. The molecule has 1 atom stereocenters. The van der Waals surface area contributed by atoms with Crippen molar-refractivity contribution in [3.05, 3.63) is 57.0 Å². The highest BCUT2D eigenvalue weighted by Gasteiger charge is 2.16. The molecule has 2 rings (SSSR count). The van der Waals surface area contributed by atoms with E-state index in [1.54, 1.807) is 44.6 Å². The fourth-order valence-corrected chi connectivity index (χ4v) is 2.53. The average molecular weight is 358 g/mol. The number of hydrogen-bond acceptors (Lipinski definition) is 3. The van der Waals surface area contributed by atoms with E-state index in [1.807, 2.05) is 6.07 Å². The number of rotatable bonds is 4. The predicted molar refractivity (Wildman–Crippen MR) is 82.8 cm³/mol. The van der Waals surface area contributed by atoms with Gasteiger partial charge in [-0.15, -0.1) is 0 Å². The van der Waals surface area contributed by atoms with Crippen LogP contribution in [-0.2, 0) is 0 Å². The van der Waals surface area contributed by atoms with Crippen LogP contribution in [0.1, 0.15) is 17.2 Å². The molecule has 0 heterocycles. The number of benzene rings is 2. The lowest BCUT2D eigenvalue weighted by Gasteiger charge is -2.16. The molecule has 0 aromatic heterocycles. The van der Waals surface area contributed by atoms with Gasteiger partial charge in [0.2, 0.25) is 0 Å². The van der Waals surface area contributed by atoms with Gasteiger partial charge in [0.15, 0.2) is 11.5 Å². The molecule has 0 aliphatic rings. The van der Waals surface area contributed by atoms with Crippen molar-refractivity contribution in [1.82, 2.24) is 0 Å². The third-order valence-electron chi connectivity index (χ3n) is 2.98. The summed E-state index contributed by atoms with van der Waals surface area (Å²) < 4.78 is 11.3. The van der Waals surface area contributed by atoms with Crippen molar-refractivity contribution >= 4 is 27.5 Å². The van der Waals surface area contributed by atoms with Gasteiger partial charge in [0.05, 0.1) is 14.2 Å². The number of halogens is 2. The van der Waals surface area contributed by atoms with E-state index in [0.29, 0.717) is 27.6 Å². The van der Waals surface area contributed by atoms with E-state index in [1.165, 1.54) is 0 Å². The first-order valence-electron chi connectivity index (χ1n) is 5.91. The first-order chi connectivity index (χ1) is 9.56. The molecule has 2 aromatic rings. The molecule has 106 valence electrons. The van der Waals surface area contributed by atoms with Crippen LogP contribution in [0.4, 0.5) is 0 Å². The van der Waals surface area contributed by atoms with Crippen molar-refractivity contribution < 1.29 is 14.6 Å². The van der Waals surface area contributed by atoms with Crippen molar-refractivity contribution in [1.29, 1.82) is 0 Å². The Morgan fingerprint density at radius 2 is 1.75 bits per heavy atom. The van der Waals surface area contributed by atoms with Crippen molar-refractivity contribution in [2.45, 2.75) is 6.10 Å². The highest BCUT2D eigenvalue weighted by molar-refractivity contribution is 9.10. The van der Waals surface area contributed by atoms with Crippen LogP contribution in [0.15, 0.2) is 40.9 Å². The Labute approximate surface area is 131 Å². The normalized spacial score (nSPS) is 12.1. The Morgan fingerprint density at radius 3 is 2.40 bits per heavy atom. The van der Waals surface area contributed by atoms with Crippen LogP contribution < -0.4 is 9.47 Å². The van der Waals surface area contributed by atoms with Gasteiger partial charge < -0.3 is 14.6 Å². The molecule has 1 N–H and O–H groups in total. The van der Waals surface area contributed by atoms with Gasteiger partial charge in [0.1, 0.15) is 6.10 Å². The molecule has 2 aromatic carbocycles. The molecular weight excluding hydrogens is 344 g/mol. The van der Waals surface area contributed by atoms with Crippen LogP contribution in [0.2, 0.25) is 5.02 Å². The van der Waals surface area contributed by atoms with Crippen LogP contribution in [0.5, 0.6) is 11.5 Å². The minimum atomic E-state index is -0.834. The SMILES string of the molecule is COc1ccc(C(O)c2cc(Br)ccc2Cl)cc1OC. The summed E-state index contributed by atoms with van der Waals surface area (Å²) in [5.74, 6) is 1.18. The summed E-state index contributed by atoms with van der Waals surface area (Å²) in [6.45, 7) is 0. The molecule has 0 radical (unpaired) electrons. The van der Waals surface area contributed by atoms with Crippen molar-refractivity contribution in [3.63, 3.8) is 0 Å². The fourth-order valence-electron chi connectivity index (χ4n) is 1.93. The summed E-state index contributed by atoms with van der Waals surface area (Å²) in [4.78, 5) is 0. The maximum absolute atomic E-state index is 10.5. The van der Waals surface area contributed by atoms with Crippen LogP contribution in [-0.4, -0.2) is 19.3 Å². The lowest BCUT2D eigenvalue weighted by atomic mass is 10.0. The smallest absolute Gasteiger partial charge is 0.161 e. The predicted octanol–water partition coefficient (Wildman–Crippen LogP) is 4.20. The van der Waals surface area contributed by atoms with Crippen molar-refractivity contribution in [2.75, 3.05) is 14.2 Å². The van der Waals surface area contributed by atoms with Crippen molar-refractivity contribution in [2.24, 2.45) is 0 Å². The third kappa shape index (κ3) is 3.08. The Morgan fingerprint density at radius 1 is 1.05 bits per heavy atom. The molecule has 0 bridgehead atoms. The minimum absolute atomic E-state index is 0.510. The van der Waals surface area contributed by atoms with Gasteiger partial charge in [0.25, 0.3) is 0 Å². The molecule has 0 fully saturated rings. The summed E-state index contributed by atoms with van der Waals surface area (Å²) in [6.07, 6.45) is -0.834. The summed E-state index contributed by atoms with van der Waals surface area (Å²) in [5, 5.41) is 11.0. The van der Waals surface area contributed by atoms with Crippen LogP contribution in [0.3, 0.4) is 0 Å². The summed E-state index contributed by atoms with van der Waals surface area (Å²) >= 11 is 9.51. The van der Waals surface area contributed by atoms with E-state index in [2.05, 4.69) is 15.9 Å². The maximum Gasteiger partial charge on any atom is 0.161 e. The fraction of sp³-hybridized carbons (Fsp3) is 0.200. The molecule has 0 amide bonds. The Hall–Kier alpha value is -1.23. The summed E-state index contributed by atoms with van der Waals surface area (Å²) in [5.41, 5.74) is 1.32. The van der Waals surface area contributed by atoms with Gasteiger partial charge in [-0.05, 0) is 35.9 Å². The van der Waals surface area contributed by atoms with E-state index in [9.17, 15) is 5.11 Å². The number of methoxy groups -OCH3 is 2. The van der Waals surface area contributed by atoms with E-state index in [-0.39, 0.29) is 0 Å². The molecule has 0 aliphatic heterocycles. The Bertz CT molecular complexity index is 616. The van der Waals surface area contributed by atoms with Gasteiger partial charge in [-0.1, -0.05) is 33.6 Å². The molecular formula is C15H14BrClO3. The summed E-state index contributed by atoms with van der Waals surface area (Å²) in [7, 11) is 3.12. The number of hydrogen-bond donors (Lipinski definition) is 1. The van der Waals surface area contributed by atoms with Crippen LogP contribution >= 0.6 is 27.5 Å². The van der Waals surface area contributed by atoms with Gasteiger partial charge in [-0.25, -0.2) is 0 Å². The molecule has 3 nitrogen and oxygen atoms in total. The number of aliphatic hydroxyl groups is 1. The molecule has 5 heteroatoms. The standard InChI is InChI=1S/C15H14BrClO3/c1-19-13-6-3-9(7-14(13)20-2)15(18)11-8-10(16)4-5-12(11)17/h3-8,15,18H,1-2H3. The maximum atomic E-state index is 10.5. The van der Waals surface area contributed by atoms with Crippen LogP contribution in [0.25, 0.3) is 0 Å². The lowest BCUT2D eigenvalue weighted by molar-refractivity contribution is 0.219. The quantitative estimate of drug-likeness (QED) is 0.891. The number of ether oxygens (including phenoxy) is 2. The van der Waals surface area contributed by atoms with Gasteiger partial charge in [-0.3, -0.25) is 0 Å². The topological polar surface area (TPSA) is 38.7 Å². The molecule has 0 saturated heterocycles. The van der Waals surface area contributed by atoms with Gasteiger partial charge >= 0.3 is 0 Å². The molecule has 0 spiro atoms. The second-order valence-corrected chi connectivity index (χ2v) is 5.51. The van der Waals surface area contributed by atoms with Gasteiger partial charge in [-0.2, -0.15) is 0 Å². The largest absolute Gasteiger partial charge is 0.493 e. The van der Waals surface area contributed by atoms with E-state index < -0.39 is 6.10 Å². The zero-order valence-corrected chi connectivity index (χ0v) is 13.4. The molecule has 20 heavy (non-hydrogen) atoms. The monoisotopic (exact) mass is 356 g/mol.